The Bertz CT molecular complexity index is 644. The van der Waals surface area contributed by atoms with Crippen molar-refractivity contribution in [2.45, 2.75) is 19.3 Å². The predicted octanol–water partition coefficient (Wildman–Crippen LogP) is 5.28. The van der Waals surface area contributed by atoms with E-state index in [1.54, 1.807) is 0 Å². The van der Waals surface area contributed by atoms with E-state index in [1.165, 1.54) is 22.3 Å². The third-order valence-corrected chi connectivity index (χ3v) is 3.89. The first-order valence-electron chi connectivity index (χ1n) is 7.56. The van der Waals surface area contributed by atoms with E-state index < -0.39 is 0 Å². The molecule has 0 N–H and O–H groups in total. The first kappa shape index (κ1) is 13.6. The molecule has 3 rings (SSSR count). The van der Waals surface area contributed by atoms with Crippen molar-refractivity contribution in [1.82, 2.24) is 0 Å². The highest BCUT2D eigenvalue weighted by atomic mass is 14.1. The van der Waals surface area contributed by atoms with E-state index >= 15 is 0 Å². The Morgan fingerprint density at radius 2 is 1.24 bits per heavy atom. The SMILES string of the molecule is C1=CC(=C(CCc2ccccc2)Cc2ccccc2)C=C1. The second kappa shape index (κ2) is 6.90. The fraction of sp³-hybridized carbons (Fsp3) is 0.143. The Labute approximate surface area is 127 Å². The summed E-state index contributed by atoms with van der Waals surface area (Å²) in [5.74, 6) is 0. The molecule has 0 heteroatoms. The largest absolute Gasteiger partial charge is 0.0622 e. The summed E-state index contributed by atoms with van der Waals surface area (Å²) in [7, 11) is 0. The average Bonchev–Trinajstić information content (AvgIpc) is 3.08. The van der Waals surface area contributed by atoms with Crippen LogP contribution < -0.4 is 0 Å². The molecule has 0 heterocycles. The van der Waals surface area contributed by atoms with Gasteiger partial charge >= 0.3 is 0 Å². The smallest absolute Gasteiger partial charge is 0.00580 e. The number of rotatable bonds is 5. The third-order valence-electron chi connectivity index (χ3n) is 3.89. The molecule has 0 radical (unpaired) electrons. The normalized spacial score (nSPS) is 12.9. The fourth-order valence-corrected chi connectivity index (χ4v) is 2.73. The van der Waals surface area contributed by atoms with Crippen LogP contribution in [0.4, 0.5) is 0 Å². The molecule has 0 bridgehead atoms. The molecule has 0 amide bonds. The summed E-state index contributed by atoms with van der Waals surface area (Å²) in [6.07, 6.45) is 12.0. The van der Waals surface area contributed by atoms with Crippen molar-refractivity contribution in [3.05, 3.63) is 107 Å². The highest BCUT2D eigenvalue weighted by Gasteiger charge is 2.06. The van der Waals surface area contributed by atoms with Gasteiger partial charge < -0.3 is 0 Å². The van der Waals surface area contributed by atoms with E-state index in [-0.39, 0.29) is 0 Å². The fourth-order valence-electron chi connectivity index (χ4n) is 2.73. The van der Waals surface area contributed by atoms with Crippen molar-refractivity contribution >= 4 is 0 Å². The van der Waals surface area contributed by atoms with Crippen LogP contribution in [0.1, 0.15) is 17.5 Å². The molecule has 2 aromatic rings. The Morgan fingerprint density at radius 3 is 1.86 bits per heavy atom. The van der Waals surface area contributed by atoms with Crippen molar-refractivity contribution < 1.29 is 0 Å². The van der Waals surface area contributed by atoms with E-state index in [0.29, 0.717) is 0 Å². The van der Waals surface area contributed by atoms with Crippen LogP contribution in [0.25, 0.3) is 0 Å². The van der Waals surface area contributed by atoms with Crippen LogP contribution >= 0.6 is 0 Å². The van der Waals surface area contributed by atoms with Crippen molar-refractivity contribution in [2.75, 3.05) is 0 Å². The first-order valence-corrected chi connectivity index (χ1v) is 7.56. The van der Waals surface area contributed by atoms with Gasteiger partial charge in [0.2, 0.25) is 0 Å². The summed E-state index contributed by atoms with van der Waals surface area (Å²) >= 11 is 0. The van der Waals surface area contributed by atoms with Gasteiger partial charge in [-0.25, -0.2) is 0 Å². The Balaban J connectivity index is 1.76. The Kier molecular flexibility index (Phi) is 4.48. The van der Waals surface area contributed by atoms with Crippen molar-refractivity contribution in [2.24, 2.45) is 0 Å². The zero-order valence-electron chi connectivity index (χ0n) is 12.2. The Hall–Kier alpha value is -2.34. The minimum atomic E-state index is 1.04. The molecule has 0 saturated carbocycles. The minimum Gasteiger partial charge on any atom is -0.0622 e. The van der Waals surface area contributed by atoms with Gasteiger partial charge in [0.15, 0.2) is 0 Å². The topological polar surface area (TPSA) is 0 Å². The second-order valence-corrected chi connectivity index (χ2v) is 5.43. The van der Waals surface area contributed by atoms with Gasteiger partial charge in [-0.1, -0.05) is 90.5 Å². The van der Waals surface area contributed by atoms with Gasteiger partial charge in [0.05, 0.1) is 0 Å². The highest BCUT2D eigenvalue weighted by Crippen LogP contribution is 2.22. The van der Waals surface area contributed by atoms with Crippen LogP contribution in [0.5, 0.6) is 0 Å². The number of hydrogen-bond acceptors (Lipinski definition) is 0. The maximum absolute atomic E-state index is 2.23. The molecule has 2 aromatic carbocycles. The third kappa shape index (κ3) is 3.82. The molecular formula is C21H20. The lowest BCUT2D eigenvalue weighted by molar-refractivity contribution is 0.892. The van der Waals surface area contributed by atoms with Crippen LogP contribution in [-0.4, -0.2) is 0 Å². The molecule has 0 atom stereocenters. The summed E-state index contributed by atoms with van der Waals surface area (Å²) in [5.41, 5.74) is 5.71. The lowest BCUT2D eigenvalue weighted by Gasteiger charge is -2.11. The monoisotopic (exact) mass is 272 g/mol. The predicted molar refractivity (Wildman–Crippen MR) is 90.2 cm³/mol. The molecule has 21 heavy (non-hydrogen) atoms. The quantitative estimate of drug-likeness (QED) is 0.694. The van der Waals surface area contributed by atoms with E-state index in [1.807, 2.05) is 0 Å². The van der Waals surface area contributed by atoms with Gasteiger partial charge in [0.25, 0.3) is 0 Å². The van der Waals surface area contributed by atoms with Gasteiger partial charge in [-0.3, -0.25) is 0 Å². The maximum Gasteiger partial charge on any atom is -0.00580 e. The lowest BCUT2D eigenvalue weighted by atomic mass is 9.94. The molecule has 1 aliphatic rings. The molecular weight excluding hydrogens is 252 g/mol. The molecule has 0 nitrogen and oxygen atoms in total. The second-order valence-electron chi connectivity index (χ2n) is 5.43. The van der Waals surface area contributed by atoms with Crippen LogP contribution in [0, 0.1) is 0 Å². The molecule has 1 aliphatic carbocycles. The van der Waals surface area contributed by atoms with E-state index in [4.69, 9.17) is 0 Å². The summed E-state index contributed by atoms with van der Waals surface area (Å²) in [6, 6.07) is 21.5. The summed E-state index contributed by atoms with van der Waals surface area (Å²) in [4.78, 5) is 0. The van der Waals surface area contributed by atoms with Crippen LogP contribution in [0.2, 0.25) is 0 Å². The van der Waals surface area contributed by atoms with E-state index in [2.05, 4.69) is 85.0 Å². The lowest BCUT2D eigenvalue weighted by Crippen LogP contribution is -1.97. The number of hydrogen-bond donors (Lipinski definition) is 0. The Morgan fingerprint density at radius 1 is 0.667 bits per heavy atom. The molecule has 0 fully saturated rings. The summed E-state index contributed by atoms with van der Waals surface area (Å²) in [5, 5.41) is 0. The molecule has 0 saturated heterocycles. The highest BCUT2D eigenvalue weighted by molar-refractivity contribution is 5.45. The molecule has 0 spiro atoms. The van der Waals surface area contributed by atoms with Gasteiger partial charge in [0, 0.05) is 0 Å². The standard InChI is InChI=1S/C21H20/c1-3-9-18(10-4-1)15-16-21(20-13-7-8-14-20)17-19-11-5-2-6-12-19/h1-14H,15-17H2. The van der Waals surface area contributed by atoms with Gasteiger partial charge in [-0.05, 0) is 36.0 Å². The zero-order chi connectivity index (χ0) is 14.3. The van der Waals surface area contributed by atoms with Crippen LogP contribution in [0.3, 0.4) is 0 Å². The number of allylic oxidation sites excluding steroid dienone is 6. The molecule has 0 unspecified atom stereocenters. The number of benzene rings is 2. The van der Waals surface area contributed by atoms with Crippen LogP contribution in [0.15, 0.2) is 96.1 Å². The maximum atomic E-state index is 2.23. The van der Waals surface area contributed by atoms with Crippen molar-refractivity contribution in [3.63, 3.8) is 0 Å². The summed E-state index contributed by atoms with van der Waals surface area (Å²) < 4.78 is 0. The minimum absolute atomic E-state index is 1.04. The molecule has 104 valence electrons. The van der Waals surface area contributed by atoms with Gasteiger partial charge in [-0.2, -0.15) is 0 Å². The zero-order valence-corrected chi connectivity index (χ0v) is 12.2. The summed E-state index contributed by atoms with van der Waals surface area (Å²) in [6.45, 7) is 0. The van der Waals surface area contributed by atoms with Gasteiger partial charge in [-0.15, -0.1) is 0 Å². The molecule has 0 aromatic heterocycles. The van der Waals surface area contributed by atoms with Crippen molar-refractivity contribution in [3.8, 4) is 0 Å². The molecule has 0 aliphatic heterocycles. The number of aryl methyl sites for hydroxylation is 1. The average molecular weight is 272 g/mol. The first-order chi connectivity index (χ1) is 10.4. The van der Waals surface area contributed by atoms with Crippen molar-refractivity contribution in [1.29, 1.82) is 0 Å². The van der Waals surface area contributed by atoms with E-state index in [9.17, 15) is 0 Å². The van der Waals surface area contributed by atoms with Crippen LogP contribution in [-0.2, 0) is 12.8 Å². The van der Waals surface area contributed by atoms with Gasteiger partial charge in [0.1, 0.15) is 0 Å². The van der Waals surface area contributed by atoms with E-state index in [0.717, 1.165) is 19.3 Å².